The standard InChI is InChI=1S/C25H27ClN4O5S2/c1-15-6-5-7-16(12-15)14-37(33,34)25-28-13-18(26)21(29-25)23(32)30-24-20(22(31)27-10-11-35-2)17-8-3-4-9-19(17)36-24/h5-7,12-13H,3-4,8-11,14H2,1-2H3,(H,27,31)(H,30,32). The van der Waals surface area contributed by atoms with E-state index in [2.05, 4.69) is 20.6 Å². The number of methoxy groups -OCH3 is 1. The summed E-state index contributed by atoms with van der Waals surface area (Å²) in [6, 6.07) is 7.10. The molecule has 0 fully saturated rings. The van der Waals surface area contributed by atoms with Gasteiger partial charge in [-0.1, -0.05) is 41.4 Å². The van der Waals surface area contributed by atoms with Crippen LogP contribution in [0, 0.1) is 6.92 Å². The van der Waals surface area contributed by atoms with Gasteiger partial charge in [-0.25, -0.2) is 18.4 Å². The Morgan fingerprint density at radius 2 is 1.97 bits per heavy atom. The Morgan fingerprint density at radius 3 is 2.73 bits per heavy atom. The SMILES string of the molecule is COCCNC(=O)c1c(NC(=O)c2nc(S(=O)(=O)Cc3cccc(C)c3)ncc2Cl)sc2c1CCCC2. The molecular weight excluding hydrogens is 536 g/mol. The van der Waals surface area contributed by atoms with Gasteiger partial charge >= 0.3 is 0 Å². The summed E-state index contributed by atoms with van der Waals surface area (Å²) < 4.78 is 31.0. The number of carbonyl (C=O) groups is 2. The maximum absolute atomic E-state index is 13.2. The third kappa shape index (κ3) is 6.35. The Kier molecular flexibility index (Phi) is 8.58. The van der Waals surface area contributed by atoms with E-state index < -0.39 is 20.9 Å². The predicted molar refractivity (Wildman–Crippen MR) is 142 cm³/mol. The van der Waals surface area contributed by atoms with Crippen LogP contribution in [-0.2, 0) is 33.2 Å². The summed E-state index contributed by atoms with van der Waals surface area (Å²) in [5.41, 5.74) is 2.57. The number of aryl methyl sites for hydroxylation is 2. The van der Waals surface area contributed by atoms with Crippen LogP contribution in [0.2, 0.25) is 5.02 Å². The highest BCUT2D eigenvalue weighted by Gasteiger charge is 2.28. The molecule has 1 aliphatic carbocycles. The first-order valence-electron chi connectivity index (χ1n) is 11.7. The largest absolute Gasteiger partial charge is 0.383 e. The van der Waals surface area contributed by atoms with Crippen LogP contribution in [-0.4, -0.2) is 50.5 Å². The van der Waals surface area contributed by atoms with Crippen molar-refractivity contribution in [1.82, 2.24) is 15.3 Å². The molecule has 12 heteroatoms. The van der Waals surface area contributed by atoms with Gasteiger partial charge in [-0.05, 0) is 43.7 Å². The highest BCUT2D eigenvalue weighted by atomic mass is 35.5. The zero-order chi connectivity index (χ0) is 26.6. The molecule has 2 amide bonds. The molecule has 0 unspecified atom stereocenters. The monoisotopic (exact) mass is 562 g/mol. The lowest BCUT2D eigenvalue weighted by Crippen LogP contribution is -2.29. The molecule has 0 atom stereocenters. The van der Waals surface area contributed by atoms with Crippen molar-refractivity contribution in [3.63, 3.8) is 0 Å². The number of hydrogen-bond donors (Lipinski definition) is 2. The van der Waals surface area contributed by atoms with Crippen molar-refractivity contribution >= 4 is 49.6 Å². The second kappa shape index (κ2) is 11.7. The Bertz CT molecular complexity index is 1440. The van der Waals surface area contributed by atoms with E-state index in [1.54, 1.807) is 25.3 Å². The van der Waals surface area contributed by atoms with Crippen molar-refractivity contribution in [2.45, 2.75) is 43.5 Å². The van der Waals surface area contributed by atoms with Gasteiger partial charge in [0.25, 0.3) is 11.8 Å². The Hall–Kier alpha value is -2.86. The molecule has 0 aliphatic heterocycles. The number of nitrogens with one attached hydrogen (secondary N) is 2. The Morgan fingerprint density at radius 1 is 1.19 bits per heavy atom. The van der Waals surface area contributed by atoms with E-state index in [4.69, 9.17) is 16.3 Å². The molecule has 2 heterocycles. The molecule has 1 aliphatic rings. The number of sulfone groups is 1. The van der Waals surface area contributed by atoms with Crippen LogP contribution in [0.5, 0.6) is 0 Å². The second-order valence-electron chi connectivity index (χ2n) is 8.72. The second-order valence-corrected chi connectivity index (χ2v) is 12.1. The van der Waals surface area contributed by atoms with E-state index in [0.717, 1.165) is 47.9 Å². The average molecular weight is 563 g/mol. The minimum Gasteiger partial charge on any atom is -0.383 e. The van der Waals surface area contributed by atoms with E-state index in [1.807, 2.05) is 13.0 Å². The first-order chi connectivity index (χ1) is 17.7. The number of amides is 2. The van der Waals surface area contributed by atoms with Gasteiger partial charge in [0.15, 0.2) is 5.69 Å². The molecule has 0 saturated carbocycles. The number of ether oxygens (including phenoxy) is 1. The lowest BCUT2D eigenvalue weighted by molar-refractivity contribution is 0.0937. The van der Waals surface area contributed by atoms with Crippen molar-refractivity contribution in [1.29, 1.82) is 0 Å². The molecule has 0 saturated heterocycles. The fraction of sp³-hybridized carbons (Fsp3) is 0.360. The average Bonchev–Trinajstić information content (AvgIpc) is 3.21. The Labute approximate surface area is 224 Å². The zero-order valence-corrected chi connectivity index (χ0v) is 22.9. The Balaban J connectivity index is 1.62. The topological polar surface area (TPSA) is 127 Å². The number of halogens is 1. The first kappa shape index (κ1) is 27.2. The van der Waals surface area contributed by atoms with Gasteiger partial charge in [0.2, 0.25) is 15.0 Å². The smallest absolute Gasteiger partial charge is 0.276 e. The van der Waals surface area contributed by atoms with Gasteiger partial charge in [0.1, 0.15) is 5.00 Å². The van der Waals surface area contributed by atoms with Gasteiger partial charge in [-0.2, -0.15) is 0 Å². The predicted octanol–water partition coefficient (Wildman–Crippen LogP) is 3.98. The summed E-state index contributed by atoms with van der Waals surface area (Å²) in [6.45, 7) is 2.55. The number of rotatable bonds is 9. The molecule has 1 aromatic carbocycles. The molecule has 196 valence electrons. The molecule has 0 spiro atoms. The zero-order valence-electron chi connectivity index (χ0n) is 20.5. The summed E-state index contributed by atoms with van der Waals surface area (Å²) in [7, 11) is -2.40. The van der Waals surface area contributed by atoms with Crippen LogP contribution >= 0.6 is 22.9 Å². The third-order valence-corrected chi connectivity index (χ3v) is 8.82. The molecule has 0 bridgehead atoms. The van der Waals surface area contributed by atoms with Crippen molar-refractivity contribution < 1.29 is 22.7 Å². The normalized spacial score (nSPS) is 13.2. The molecule has 37 heavy (non-hydrogen) atoms. The van der Waals surface area contributed by atoms with Crippen molar-refractivity contribution in [2.75, 3.05) is 25.6 Å². The molecular formula is C25H27ClN4O5S2. The van der Waals surface area contributed by atoms with Crippen LogP contribution < -0.4 is 10.6 Å². The number of nitrogens with zero attached hydrogens (tertiary/aromatic N) is 2. The number of fused-ring (bicyclic) bond motifs is 1. The number of anilines is 1. The van der Waals surface area contributed by atoms with E-state index in [0.29, 0.717) is 29.3 Å². The molecule has 2 aromatic heterocycles. The summed E-state index contributed by atoms with van der Waals surface area (Å²) >= 11 is 7.55. The van der Waals surface area contributed by atoms with Gasteiger partial charge in [0.05, 0.1) is 29.1 Å². The third-order valence-electron chi connectivity index (χ3n) is 5.87. The molecule has 2 N–H and O–H groups in total. The van der Waals surface area contributed by atoms with E-state index in [-0.39, 0.29) is 22.4 Å². The van der Waals surface area contributed by atoms with E-state index in [9.17, 15) is 18.0 Å². The van der Waals surface area contributed by atoms with Crippen LogP contribution in [0.4, 0.5) is 5.00 Å². The van der Waals surface area contributed by atoms with Crippen LogP contribution in [0.15, 0.2) is 35.6 Å². The number of carbonyl (C=O) groups excluding carboxylic acids is 2. The van der Waals surface area contributed by atoms with Crippen LogP contribution in [0.1, 0.15) is 55.3 Å². The first-order valence-corrected chi connectivity index (χ1v) is 14.6. The van der Waals surface area contributed by atoms with E-state index >= 15 is 0 Å². The minimum atomic E-state index is -3.95. The van der Waals surface area contributed by atoms with Crippen molar-refractivity contribution in [3.8, 4) is 0 Å². The van der Waals surface area contributed by atoms with Crippen LogP contribution in [0.25, 0.3) is 0 Å². The van der Waals surface area contributed by atoms with E-state index in [1.165, 1.54) is 11.3 Å². The fourth-order valence-electron chi connectivity index (χ4n) is 4.16. The molecule has 4 rings (SSSR count). The summed E-state index contributed by atoms with van der Waals surface area (Å²) in [5, 5.41) is 5.36. The highest BCUT2D eigenvalue weighted by molar-refractivity contribution is 7.90. The maximum atomic E-state index is 13.2. The van der Waals surface area contributed by atoms with Gasteiger partial charge in [-0.3, -0.25) is 9.59 Å². The molecule has 0 radical (unpaired) electrons. The van der Waals surface area contributed by atoms with Gasteiger partial charge in [0, 0.05) is 18.5 Å². The molecule has 3 aromatic rings. The van der Waals surface area contributed by atoms with Crippen LogP contribution in [0.3, 0.4) is 0 Å². The quantitative estimate of drug-likeness (QED) is 0.298. The van der Waals surface area contributed by atoms with Gasteiger partial charge in [-0.15, -0.1) is 11.3 Å². The molecule has 9 nitrogen and oxygen atoms in total. The van der Waals surface area contributed by atoms with Crippen molar-refractivity contribution in [3.05, 3.63) is 68.3 Å². The van der Waals surface area contributed by atoms with Crippen molar-refractivity contribution in [2.24, 2.45) is 0 Å². The number of hydrogen-bond acceptors (Lipinski definition) is 8. The summed E-state index contributed by atoms with van der Waals surface area (Å²) in [6.07, 6.45) is 4.62. The lowest BCUT2D eigenvalue weighted by atomic mass is 9.95. The number of benzene rings is 1. The number of thiophene rings is 1. The highest BCUT2D eigenvalue weighted by Crippen LogP contribution is 2.38. The maximum Gasteiger partial charge on any atom is 0.276 e. The lowest BCUT2D eigenvalue weighted by Gasteiger charge is -2.13. The summed E-state index contributed by atoms with van der Waals surface area (Å²) in [4.78, 5) is 35.2. The van der Waals surface area contributed by atoms with Gasteiger partial charge < -0.3 is 15.4 Å². The minimum absolute atomic E-state index is 0.0978. The summed E-state index contributed by atoms with van der Waals surface area (Å²) in [5.74, 6) is -1.34. The fourth-order valence-corrected chi connectivity index (χ4v) is 6.81. The number of aromatic nitrogens is 2.